The van der Waals surface area contributed by atoms with Crippen LogP contribution in [0.5, 0.6) is 0 Å². The average molecular weight is 265 g/mol. The van der Waals surface area contributed by atoms with Gasteiger partial charge in [-0.2, -0.15) is 0 Å². The third kappa shape index (κ3) is 2.05. The van der Waals surface area contributed by atoms with Crippen LogP contribution in [0, 0.1) is 5.92 Å². The molecule has 102 valence electrons. The van der Waals surface area contributed by atoms with E-state index in [1.165, 1.54) is 6.26 Å². The summed E-state index contributed by atoms with van der Waals surface area (Å²) in [4.78, 5) is 24.9. The fourth-order valence-corrected chi connectivity index (χ4v) is 3.16. The van der Waals surface area contributed by atoms with Crippen LogP contribution in [-0.2, 0) is 11.3 Å². The monoisotopic (exact) mass is 265 g/mol. The minimum absolute atomic E-state index is 0.0587. The van der Waals surface area contributed by atoms with E-state index in [9.17, 15) is 9.59 Å². The van der Waals surface area contributed by atoms with Gasteiger partial charge in [0.05, 0.1) is 12.5 Å². The zero-order valence-corrected chi connectivity index (χ0v) is 10.3. The van der Waals surface area contributed by atoms with Gasteiger partial charge in [0.15, 0.2) is 0 Å². The van der Waals surface area contributed by atoms with Gasteiger partial charge in [0.1, 0.15) is 12.0 Å². The van der Waals surface area contributed by atoms with Crippen LogP contribution >= 0.6 is 0 Å². The molecule has 3 rings (SSSR count). The minimum atomic E-state index is -0.804. The molecule has 0 radical (unpaired) electrons. The number of fused-ring (bicyclic) bond motifs is 2. The molecule has 0 aliphatic carbocycles. The highest BCUT2D eigenvalue weighted by Crippen LogP contribution is 2.41. The summed E-state index contributed by atoms with van der Waals surface area (Å²) in [7, 11) is 0. The van der Waals surface area contributed by atoms with Crippen molar-refractivity contribution in [2.24, 2.45) is 5.92 Å². The summed E-state index contributed by atoms with van der Waals surface area (Å²) in [6.07, 6.45) is 3.68. The molecular formula is C12H15N3O4. The summed E-state index contributed by atoms with van der Waals surface area (Å²) in [5, 5.41) is 15.6. The van der Waals surface area contributed by atoms with Gasteiger partial charge >= 0.3 is 12.0 Å². The first-order valence-corrected chi connectivity index (χ1v) is 6.35. The Bertz CT molecular complexity index is 487. The number of aliphatic carboxylic acids is 1. The van der Waals surface area contributed by atoms with Gasteiger partial charge in [0.2, 0.25) is 0 Å². The highest BCUT2D eigenvalue weighted by molar-refractivity contribution is 5.79. The van der Waals surface area contributed by atoms with Gasteiger partial charge in [-0.1, -0.05) is 5.16 Å². The van der Waals surface area contributed by atoms with E-state index in [0.717, 1.165) is 12.8 Å². The van der Waals surface area contributed by atoms with E-state index in [2.05, 4.69) is 15.0 Å². The Balaban J connectivity index is 1.63. The average Bonchev–Trinajstić information content (AvgIpc) is 3.11. The Morgan fingerprint density at radius 3 is 3.00 bits per heavy atom. The van der Waals surface area contributed by atoms with Crippen molar-refractivity contribution in [1.29, 1.82) is 0 Å². The van der Waals surface area contributed by atoms with Crippen LogP contribution in [0.3, 0.4) is 0 Å². The molecule has 0 spiro atoms. The maximum Gasteiger partial charge on any atom is 0.318 e. The second kappa shape index (κ2) is 4.56. The van der Waals surface area contributed by atoms with E-state index in [1.54, 1.807) is 11.0 Å². The number of hydrogen-bond acceptors (Lipinski definition) is 4. The summed E-state index contributed by atoms with van der Waals surface area (Å²) in [5.41, 5.74) is 0.648. The molecule has 2 bridgehead atoms. The second-order valence-corrected chi connectivity index (χ2v) is 5.04. The fraction of sp³-hybridized carbons (Fsp3) is 0.583. The van der Waals surface area contributed by atoms with Crippen LogP contribution in [0.1, 0.15) is 25.0 Å². The molecule has 3 atom stereocenters. The predicted molar refractivity (Wildman–Crippen MR) is 63.1 cm³/mol. The Morgan fingerprint density at radius 1 is 1.53 bits per heavy atom. The van der Waals surface area contributed by atoms with Crippen molar-refractivity contribution >= 4 is 12.0 Å². The molecule has 7 heteroatoms. The summed E-state index contributed by atoms with van der Waals surface area (Å²) in [6, 6.07) is 1.36. The van der Waals surface area contributed by atoms with Crippen LogP contribution in [0.2, 0.25) is 0 Å². The highest BCUT2D eigenvalue weighted by atomic mass is 16.5. The molecule has 3 unspecified atom stereocenters. The maximum absolute atomic E-state index is 12.1. The third-order valence-electron chi connectivity index (χ3n) is 4.00. The van der Waals surface area contributed by atoms with Gasteiger partial charge in [-0.3, -0.25) is 4.79 Å². The van der Waals surface area contributed by atoms with E-state index >= 15 is 0 Å². The Kier molecular flexibility index (Phi) is 2.88. The zero-order chi connectivity index (χ0) is 13.4. The van der Waals surface area contributed by atoms with Crippen molar-refractivity contribution in [1.82, 2.24) is 15.4 Å². The largest absolute Gasteiger partial charge is 0.481 e. The molecule has 2 fully saturated rings. The lowest BCUT2D eigenvalue weighted by Gasteiger charge is -2.23. The molecule has 2 aliphatic rings. The van der Waals surface area contributed by atoms with Gasteiger partial charge in [0, 0.05) is 18.2 Å². The van der Waals surface area contributed by atoms with Gasteiger partial charge in [-0.25, -0.2) is 4.79 Å². The number of carbonyl (C=O) groups is 2. The van der Waals surface area contributed by atoms with Crippen LogP contribution in [0.4, 0.5) is 4.79 Å². The third-order valence-corrected chi connectivity index (χ3v) is 4.00. The summed E-state index contributed by atoms with van der Waals surface area (Å²) in [6.45, 7) is 0.295. The van der Waals surface area contributed by atoms with E-state index in [4.69, 9.17) is 5.11 Å². The number of aromatic nitrogens is 1. The number of nitrogens with one attached hydrogen (secondary N) is 1. The van der Waals surface area contributed by atoms with E-state index in [-0.39, 0.29) is 18.1 Å². The number of carboxylic acid groups (broad SMARTS) is 1. The van der Waals surface area contributed by atoms with Crippen LogP contribution in [0.25, 0.3) is 0 Å². The molecule has 2 saturated heterocycles. The van der Waals surface area contributed by atoms with E-state index in [1.807, 2.05) is 0 Å². The molecule has 2 N–H and O–H groups in total. The number of urea groups is 1. The lowest BCUT2D eigenvalue weighted by molar-refractivity contribution is -0.142. The SMILES string of the molecule is O=C(O)C1CC2CCC1N2C(=O)NCc1ccon1. The molecule has 2 amide bonds. The molecular weight excluding hydrogens is 250 g/mol. The van der Waals surface area contributed by atoms with E-state index < -0.39 is 11.9 Å². The van der Waals surface area contributed by atoms with Crippen molar-refractivity contribution in [3.8, 4) is 0 Å². The van der Waals surface area contributed by atoms with Crippen LogP contribution in [0.15, 0.2) is 16.9 Å². The topological polar surface area (TPSA) is 95.7 Å². The second-order valence-electron chi connectivity index (χ2n) is 5.04. The number of hydrogen-bond donors (Lipinski definition) is 2. The van der Waals surface area contributed by atoms with Crippen molar-refractivity contribution < 1.29 is 19.2 Å². The molecule has 7 nitrogen and oxygen atoms in total. The summed E-state index contributed by atoms with van der Waals surface area (Å²) >= 11 is 0. The van der Waals surface area contributed by atoms with Crippen molar-refractivity contribution in [2.75, 3.05) is 0 Å². The van der Waals surface area contributed by atoms with Crippen molar-refractivity contribution in [2.45, 2.75) is 37.9 Å². The lowest BCUT2D eigenvalue weighted by atomic mass is 9.89. The first-order chi connectivity index (χ1) is 9.16. The number of nitrogens with zero attached hydrogens (tertiary/aromatic N) is 2. The molecule has 3 heterocycles. The summed E-state index contributed by atoms with van der Waals surface area (Å²) < 4.78 is 4.68. The van der Waals surface area contributed by atoms with Crippen LogP contribution < -0.4 is 5.32 Å². The molecule has 1 aromatic heterocycles. The fourth-order valence-electron chi connectivity index (χ4n) is 3.16. The Labute approximate surface area is 109 Å². The predicted octanol–water partition coefficient (Wildman–Crippen LogP) is 0.822. The molecule has 2 aliphatic heterocycles. The smallest absolute Gasteiger partial charge is 0.318 e. The van der Waals surface area contributed by atoms with Crippen molar-refractivity contribution in [3.05, 3.63) is 18.0 Å². The maximum atomic E-state index is 12.1. The number of carboxylic acids is 1. The Morgan fingerprint density at radius 2 is 2.37 bits per heavy atom. The van der Waals surface area contributed by atoms with Crippen molar-refractivity contribution in [3.63, 3.8) is 0 Å². The van der Waals surface area contributed by atoms with Gasteiger partial charge < -0.3 is 19.8 Å². The van der Waals surface area contributed by atoms with Gasteiger partial charge in [-0.15, -0.1) is 0 Å². The zero-order valence-electron chi connectivity index (χ0n) is 10.3. The number of amides is 2. The first kappa shape index (κ1) is 12.0. The first-order valence-electron chi connectivity index (χ1n) is 6.35. The van der Waals surface area contributed by atoms with Gasteiger partial charge in [0.25, 0.3) is 0 Å². The number of rotatable bonds is 3. The Hall–Kier alpha value is -2.05. The highest BCUT2D eigenvalue weighted by Gasteiger charge is 2.51. The molecule has 0 saturated carbocycles. The van der Waals surface area contributed by atoms with Gasteiger partial charge in [-0.05, 0) is 19.3 Å². The summed E-state index contributed by atoms with van der Waals surface area (Å²) in [5.74, 6) is -1.22. The quantitative estimate of drug-likeness (QED) is 0.843. The standard InChI is InChI=1S/C12H15N3O4/c16-11(17)9-5-8-1-2-10(9)15(8)12(18)13-6-7-3-4-19-14-7/h3-4,8-10H,1-2,5-6H2,(H,13,18)(H,16,17). The molecule has 0 aromatic carbocycles. The van der Waals surface area contributed by atoms with E-state index in [0.29, 0.717) is 18.7 Å². The molecule has 1 aromatic rings. The number of carbonyl (C=O) groups excluding carboxylic acids is 1. The molecule has 19 heavy (non-hydrogen) atoms. The van der Waals surface area contributed by atoms with Crippen LogP contribution in [-0.4, -0.2) is 39.2 Å². The normalized spacial score (nSPS) is 28.6. The minimum Gasteiger partial charge on any atom is -0.481 e. The lowest BCUT2D eigenvalue weighted by Crippen LogP contribution is -2.44.